The molecule has 2 nitrogen and oxygen atoms in total. The molecule has 0 atom stereocenters. The number of nitrogens with two attached hydrogens (primary N) is 1. The zero-order valence-electron chi connectivity index (χ0n) is 7.27. The summed E-state index contributed by atoms with van der Waals surface area (Å²) in [6, 6.07) is 0. The molecule has 0 aromatic carbocycles. The van der Waals surface area contributed by atoms with Crippen molar-refractivity contribution in [2.75, 3.05) is 13.1 Å². The number of hydrogen-bond acceptors (Lipinski definition) is 1. The van der Waals surface area contributed by atoms with Crippen LogP contribution in [0, 0.1) is 0 Å². The number of quaternary nitrogens is 1. The molecule has 0 bridgehead atoms. The zero-order valence-corrected chi connectivity index (χ0v) is 7.27. The second kappa shape index (κ2) is 11.7. The largest absolute Gasteiger partial charge is 0.870 e. The van der Waals surface area contributed by atoms with Gasteiger partial charge in [-0.25, -0.2) is 0 Å². The van der Waals surface area contributed by atoms with Gasteiger partial charge in [-0.3, -0.25) is 0 Å². The minimum absolute atomic E-state index is 0. The van der Waals surface area contributed by atoms with Gasteiger partial charge in [0.15, 0.2) is 0 Å². The Kier molecular flexibility index (Phi) is 14.7. The summed E-state index contributed by atoms with van der Waals surface area (Å²) in [4.78, 5) is 0. The van der Waals surface area contributed by atoms with Crippen molar-refractivity contribution >= 4 is 0 Å². The summed E-state index contributed by atoms with van der Waals surface area (Å²) < 4.78 is 0. The molecule has 2 heteroatoms. The van der Waals surface area contributed by atoms with Crippen molar-refractivity contribution < 1.29 is 10.8 Å². The highest BCUT2D eigenvalue weighted by molar-refractivity contribution is 4.28. The summed E-state index contributed by atoms with van der Waals surface area (Å²) in [5.41, 5.74) is 0. The first-order chi connectivity index (χ1) is 4.41. The van der Waals surface area contributed by atoms with E-state index in [4.69, 9.17) is 0 Å². The van der Waals surface area contributed by atoms with Gasteiger partial charge in [0.05, 0.1) is 13.1 Å². The van der Waals surface area contributed by atoms with Crippen LogP contribution in [0.5, 0.6) is 0 Å². The third kappa shape index (κ3) is 10.8. The van der Waals surface area contributed by atoms with Crippen LogP contribution in [0.3, 0.4) is 0 Å². The van der Waals surface area contributed by atoms with Gasteiger partial charge in [-0.1, -0.05) is 26.7 Å². The zero-order chi connectivity index (χ0) is 6.95. The molecule has 0 aromatic heterocycles. The Morgan fingerprint density at radius 1 is 0.900 bits per heavy atom. The summed E-state index contributed by atoms with van der Waals surface area (Å²) in [5.74, 6) is 0. The summed E-state index contributed by atoms with van der Waals surface area (Å²) in [5, 5.41) is 2.42. The van der Waals surface area contributed by atoms with E-state index in [0.29, 0.717) is 0 Å². The van der Waals surface area contributed by atoms with Crippen LogP contribution < -0.4 is 5.32 Å². The van der Waals surface area contributed by atoms with Gasteiger partial charge in [0.1, 0.15) is 0 Å². The molecule has 0 heterocycles. The minimum atomic E-state index is 0. The fourth-order valence-electron chi connectivity index (χ4n) is 0.841. The quantitative estimate of drug-likeness (QED) is 0.559. The molecular formula is C8H21NO. The van der Waals surface area contributed by atoms with Crippen molar-refractivity contribution in [3.63, 3.8) is 0 Å². The SMILES string of the molecule is CCCC[NH2+]CCCC.[OH-]. The van der Waals surface area contributed by atoms with Crippen molar-refractivity contribution in [2.45, 2.75) is 39.5 Å². The number of hydrogen-bond donors (Lipinski definition) is 1. The van der Waals surface area contributed by atoms with Gasteiger partial charge in [0.2, 0.25) is 0 Å². The van der Waals surface area contributed by atoms with Crippen molar-refractivity contribution in [2.24, 2.45) is 0 Å². The highest BCUT2D eigenvalue weighted by Crippen LogP contribution is 1.80. The first-order valence-corrected chi connectivity index (χ1v) is 4.23. The smallest absolute Gasteiger partial charge is 0.0755 e. The van der Waals surface area contributed by atoms with Crippen LogP contribution in [-0.2, 0) is 0 Å². The number of unbranched alkanes of at least 4 members (excludes halogenated alkanes) is 2. The van der Waals surface area contributed by atoms with Crippen LogP contribution in [0.15, 0.2) is 0 Å². The Morgan fingerprint density at radius 2 is 1.30 bits per heavy atom. The van der Waals surface area contributed by atoms with Gasteiger partial charge < -0.3 is 10.8 Å². The maximum atomic E-state index is 2.42. The molecule has 0 aliphatic carbocycles. The molecule has 0 saturated heterocycles. The maximum absolute atomic E-state index is 2.42. The van der Waals surface area contributed by atoms with E-state index < -0.39 is 0 Å². The van der Waals surface area contributed by atoms with Crippen molar-refractivity contribution in [1.82, 2.24) is 0 Å². The second-order valence-electron chi connectivity index (χ2n) is 2.57. The van der Waals surface area contributed by atoms with E-state index in [1.54, 1.807) is 0 Å². The van der Waals surface area contributed by atoms with E-state index in [-0.39, 0.29) is 5.48 Å². The third-order valence-corrected chi connectivity index (χ3v) is 1.52. The molecule has 0 amide bonds. The van der Waals surface area contributed by atoms with Gasteiger partial charge in [-0.2, -0.15) is 0 Å². The molecule has 0 radical (unpaired) electrons. The highest BCUT2D eigenvalue weighted by Gasteiger charge is 1.86. The summed E-state index contributed by atoms with van der Waals surface area (Å²) in [6.07, 6.45) is 5.43. The molecule has 64 valence electrons. The molecule has 0 aromatic rings. The van der Waals surface area contributed by atoms with E-state index in [1.807, 2.05) is 0 Å². The Labute approximate surface area is 64.3 Å². The molecule has 0 aliphatic rings. The van der Waals surface area contributed by atoms with Crippen LogP contribution in [0.2, 0.25) is 0 Å². The predicted octanol–water partition coefficient (Wildman–Crippen LogP) is 0.973. The van der Waals surface area contributed by atoms with E-state index in [0.717, 1.165) is 0 Å². The fourth-order valence-corrected chi connectivity index (χ4v) is 0.841. The second-order valence-corrected chi connectivity index (χ2v) is 2.57. The fraction of sp³-hybridized carbons (Fsp3) is 1.00. The van der Waals surface area contributed by atoms with Gasteiger partial charge in [0, 0.05) is 0 Å². The lowest BCUT2D eigenvalue weighted by atomic mass is 10.3. The van der Waals surface area contributed by atoms with E-state index in [2.05, 4.69) is 19.2 Å². The molecule has 0 spiro atoms. The standard InChI is InChI=1S/C8H19N.H2O/c1-3-5-7-9-8-6-4-2;/h9H,3-8H2,1-2H3;1H2. The number of rotatable bonds is 6. The minimum Gasteiger partial charge on any atom is -0.870 e. The van der Waals surface area contributed by atoms with Crippen LogP contribution >= 0.6 is 0 Å². The van der Waals surface area contributed by atoms with Crippen LogP contribution in [-0.4, -0.2) is 18.6 Å². The summed E-state index contributed by atoms with van der Waals surface area (Å²) >= 11 is 0. The Balaban J connectivity index is 0. The van der Waals surface area contributed by atoms with E-state index in [1.165, 1.54) is 38.8 Å². The normalized spacial score (nSPS) is 9.00. The van der Waals surface area contributed by atoms with Crippen LogP contribution in [0.4, 0.5) is 0 Å². The van der Waals surface area contributed by atoms with Crippen LogP contribution in [0.25, 0.3) is 0 Å². The van der Waals surface area contributed by atoms with E-state index >= 15 is 0 Å². The summed E-state index contributed by atoms with van der Waals surface area (Å²) in [6.45, 7) is 7.15. The van der Waals surface area contributed by atoms with Crippen molar-refractivity contribution in [3.8, 4) is 0 Å². The molecule has 3 N–H and O–H groups in total. The topological polar surface area (TPSA) is 46.6 Å². The average molecular weight is 147 g/mol. The van der Waals surface area contributed by atoms with Crippen LogP contribution in [0.1, 0.15) is 39.5 Å². The Morgan fingerprint density at radius 3 is 1.60 bits per heavy atom. The van der Waals surface area contributed by atoms with Gasteiger partial charge in [0.25, 0.3) is 0 Å². The van der Waals surface area contributed by atoms with E-state index in [9.17, 15) is 0 Å². The Bertz CT molecular complexity index is 42.5. The monoisotopic (exact) mass is 147 g/mol. The van der Waals surface area contributed by atoms with Crippen molar-refractivity contribution in [1.29, 1.82) is 0 Å². The van der Waals surface area contributed by atoms with Crippen molar-refractivity contribution in [3.05, 3.63) is 0 Å². The lowest BCUT2D eigenvalue weighted by molar-refractivity contribution is -0.655. The van der Waals surface area contributed by atoms with Gasteiger partial charge >= 0.3 is 0 Å². The first-order valence-electron chi connectivity index (χ1n) is 4.23. The molecule has 0 rings (SSSR count). The molecule has 10 heavy (non-hydrogen) atoms. The first kappa shape index (κ1) is 12.6. The molecule has 0 aliphatic heterocycles. The van der Waals surface area contributed by atoms with Gasteiger partial charge in [-0.05, 0) is 12.8 Å². The molecule has 0 saturated carbocycles. The average Bonchev–Trinajstić information content (AvgIpc) is 1.89. The lowest BCUT2D eigenvalue weighted by Gasteiger charge is -1.96. The molecule has 0 unspecified atom stereocenters. The third-order valence-electron chi connectivity index (χ3n) is 1.52. The molecular weight excluding hydrogens is 126 g/mol. The predicted molar refractivity (Wildman–Crippen MR) is 43.4 cm³/mol. The maximum Gasteiger partial charge on any atom is 0.0755 e. The van der Waals surface area contributed by atoms with Gasteiger partial charge in [-0.15, -0.1) is 0 Å². The highest BCUT2D eigenvalue weighted by atomic mass is 16.0. The Hall–Kier alpha value is -0.0800. The molecule has 0 fully saturated rings. The summed E-state index contributed by atoms with van der Waals surface area (Å²) in [7, 11) is 0. The lowest BCUT2D eigenvalue weighted by Crippen LogP contribution is -2.84.